The summed E-state index contributed by atoms with van der Waals surface area (Å²) in [7, 11) is 4.33. The van der Waals surface area contributed by atoms with E-state index in [9.17, 15) is 0 Å². The van der Waals surface area contributed by atoms with Crippen LogP contribution in [0.25, 0.3) is 0 Å². The standard InChI is InChI=1S/C17H29N3/c1-17(2)10-7-8-14(16(17)18-3)12-20(4)13-15-9-5-6-11-19-15/h5-6,9,11,14,16,18H,7-8,10,12-13H2,1-4H3. The van der Waals surface area contributed by atoms with Crippen LogP contribution in [-0.4, -0.2) is 36.6 Å². The maximum absolute atomic E-state index is 4.42. The van der Waals surface area contributed by atoms with E-state index in [1.165, 1.54) is 19.3 Å². The van der Waals surface area contributed by atoms with Gasteiger partial charge >= 0.3 is 0 Å². The molecule has 112 valence electrons. The molecule has 1 heterocycles. The average molecular weight is 275 g/mol. The molecule has 0 aliphatic heterocycles. The van der Waals surface area contributed by atoms with Gasteiger partial charge in [0.05, 0.1) is 5.69 Å². The van der Waals surface area contributed by atoms with Gasteiger partial charge in [0.25, 0.3) is 0 Å². The van der Waals surface area contributed by atoms with Gasteiger partial charge in [0.15, 0.2) is 0 Å². The van der Waals surface area contributed by atoms with Crippen molar-refractivity contribution in [2.24, 2.45) is 11.3 Å². The first-order valence-electron chi connectivity index (χ1n) is 7.78. The van der Waals surface area contributed by atoms with E-state index in [0.29, 0.717) is 11.5 Å². The first-order valence-corrected chi connectivity index (χ1v) is 7.78. The van der Waals surface area contributed by atoms with Crippen LogP contribution in [0, 0.1) is 11.3 Å². The largest absolute Gasteiger partial charge is 0.316 e. The molecule has 1 aliphatic rings. The van der Waals surface area contributed by atoms with Crippen LogP contribution in [0.4, 0.5) is 0 Å². The summed E-state index contributed by atoms with van der Waals surface area (Å²) in [6.45, 7) is 6.89. The molecule has 0 amide bonds. The lowest BCUT2D eigenvalue weighted by atomic mass is 9.68. The minimum absolute atomic E-state index is 0.406. The van der Waals surface area contributed by atoms with Crippen LogP contribution in [0.3, 0.4) is 0 Å². The predicted molar refractivity (Wildman–Crippen MR) is 84.5 cm³/mol. The fourth-order valence-corrected chi connectivity index (χ4v) is 3.84. The minimum atomic E-state index is 0.406. The number of nitrogens with zero attached hydrogens (tertiary/aromatic N) is 2. The van der Waals surface area contributed by atoms with E-state index >= 15 is 0 Å². The zero-order valence-electron chi connectivity index (χ0n) is 13.4. The molecule has 3 heteroatoms. The third kappa shape index (κ3) is 3.80. The van der Waals surface area contributed by atoms with Crippen LogP contribution < -0.4 is 5.32 Å². The highest BCUT2D eigenvalue weighted by atomic mass is 15.1. The molecule has 1 saturated carbocycles. The van der Waals surface area contributed by atoms with E-state index in [4.69, 9.17) is 0 Å². The first-order chi connectivity index (χ1) is 9.53. The Morgan fingerprint density at radius 3 is 2.85 bits per heavy atom. The van der Waals surface area contributed by atoms with Gasteiger partial charge in [-0.25, -0.2) is 0 Å². The van der Waals surface area contributed by atoms with Crippen LogP contribution >= 0.6 is 0 Å². The Morgan fingerprint density at radius 1 is 1.40 bits per heavy atom. The number of rotatable bonds is 5. The number of hydrogen-bond donors (Lipinski definition) is 1. The van der Waals surface area contributed by atoms with Gasteiger partial charge in [0, 0.05) is 25.3 Å². The molecule has 2 rings (SSSR count). The van der Waals surface area contributed by atoms with Gasteiger partial charge in [-0.2, -0.15) is 0 Å². The second-order valence-electron chi connectivity index (χ2n) is 6.93. The lowest BCUT2D eigenvalue weighted by molar-refractivity contribution is 0.0885. The summed E-state index contributed by atoms with van der Waals surface area (Å²) in [5.41, 5.74) is 1.56. The van der Waals surface area contributed by atoms with Crippen molar-refractivity contribution in [2.45, 2.75) is 45.7 Å². The van der Waals surface area contributed by atoms with Crippen LogP contribution in [0.15, 0.2) is 24.4 Å². The average Bonchev–Trinajstić information content (AvgIpc) is 2.39. The summed E-state index contributed by atoms with van der Waals surface area (Å²) in [5, 5.41) is 3.57. The van der Waals surface area contributed by atoms with Crippen molar-refractivity contribution in [3.8, 4) is 0 Å². The lowest BCUT2D eigenvalue weighted by Gasteiger charge is -2.45. The highest BCUT2D eigenvalue weighted by molar-refractivity contribution is 5.03. The molecule has 0 bridgehead atoms. The van der Waals surface area contributed by atoms with Gasteiger partial charge in [0.1, 0.15) is 0 Å². The van der Waals surface area contributed by atoms with Crippen molar-refractivity contribution >= 4 is 0 Å². The fourth-order valence-electron chi connectivity index (χ4n) is 3.84. The Labute approximate surface area is 123 Å². The van der Waals surface area contributed by atoms with Crippen molar-refractivity contribution in [3.05, 3.63) is 30.1 Å². The van der Waals surface area contributed by atoms with Gasteiger partial charge in [-0.1, -0.05) is 26.3 Å². The van der Waals surface area contributed by atoms with Crippen molar-refractivity contribution in [2.75, 3.05) is 20.6 Å². The predicted octanol–water partition coefficient (Wildman–Crippen LogP) is 2.93. The molecule has 2 unspecified atom stereocenters. The molecule has 0 spiro atoms. The van der Waals surface area contributed by atoms with Gasteiger partial charge in [-0.05, 0) is 50.4 Å². The second-order valence-corrected chi connectivity index (χ2v) is 6.93. The summed E-state index contributed by atoms with van der Waals surface area (Å²) in [6, 6.07) is 6.76. The van der Waals surface area contributed by atoms with E-state index in [-0.39, 0.29) is 0 Å². The molecule has 0 radical (unpaired) electrons. The van der Waals surface area contributed by atoms with Crippen molar-refractivity contribution < 1.29 is 0 Å². The number of hydrogen-bond acceptors (Lipinski definition) is 3. The van der Waals surface area contributed by atoms with Crippen molar-refractivity contribution in [1.82, 2.24) is 15.2 Å². The first kappa shape index (κ1) is 15.5. The quantitative estimate of drug-likeness (QED) is 0.895. The van der Waals surface area contributed by atoms with E-state index < -0.39 is 0 Å². The SMILES string of the molecule is CNC1C(CN(C)Cc2ccccn2)CCCC1(C)C. The van der Waals surface area contributed by atoms with Crippen molar-refractivity contribution in [3.63, 3.8) is 0 Å². The maximum atomic E-state index is 4.42. The maximum Gasteiger partial charge on any atom is 0.0543 e. The summed E-state index contributed by atoms with van der Waals surface area (Å²) < 4.78 is 0. The molecular formula is C17H29N3. The van der Waals surface area contributed by atoms with Gasteiger partial charge in [0.2, 0.25) is 0 Å². The third-order valence-electron chi connectivity index (χ3n) is 4.72. The van der Waals surface area contributed by atoms with Gasteiger partial charge < -0.3 is 10.2 Å². The molecule has 1 aromatic rings. The molecule has 20 heavy (non-hydrogen) atoms. The number of aromatic nitrogens is 1. The van der Waals surface area contributed by atoms with E-state index in [0.717, 1.165) is 24.7 Å². The van der Waals surface area contributed by atoms with Crippen LogP contribution in [-0.2, 0) is 6.54 Å². The third-order valence-corrected chi connectivity index (χ3v) is 4.72. The van der Waals surface area contributed by atoms with Crippen LogP contribution in [0.1, 0.15) is 38.8 Å². The summed E-state index contributed by atoms with van der Waals surface area (Å²) in [4.78, 5) is 6.84. The van der Waals surface area contributed by atoms with Gasteiger partial charge in [-0.15, -0.1) is 0 Å². The molecule has 1 aliphatic carbocycles. The summed E-state index contributed by atoms with van der Waals surface area (Å²) in [6.07, 6.45) is 5.90. The molecule has 3 nitrogen and oxygen atoms in total. The Morgan fingerprint density at radius 2 is 2.20 bits per heavy atom. The topological polar surface area (TPSA) is 28.2 Å². The minimum Gasteiger partial charge on any atom is -0.316 e. The monoisotopic (exact) mass is 275 g/mol. The summed E-state index contributed by atoms with van der Waals surface area (Å²) >= 11 is 0. The molecule has 1 N–H and O–H groups in total. The van der Waals surface area contributed by atoms with Crippen LogP contribution in [0.5, 0.6) is 0 Å². The zero-order valence-corrected chi connectivity index (χ0v) is 13.4. The molecule has 0 saturated heterocycles. The highest BCUT2D eigenvalue weighted by Gasteiger charge is 2.38. The Balaban J connectivity index is 1.94. The zero-order chi connectivity index (χ0) is 14.6. The van der Waals surface area contributed by atoms with E-state index in [1.807, 2.05) is 12.3 Å². The Hall–Kier alpha value is -0.930. The van der Waals surface area contributed by atoms with Crippen molar-refractivity contribution in [1.29, 1.82) is 0 Å². The highest BCUT2D eigenvalue weighted by Crippen LogP contribution is 2.39. The molecule has 0 aromatic carbocycles. The molecule has 1 fully saturated rings. The fraction of sp³-hybridized carbons (Fsp3) is 0.706. The smallest absolute Gasteiger partial charge is 0.0543 e. The molecule has 2 atom stereocenters. The number of nitrogens with one attached hydrogen (secondary N) is 1. The van der Waals surface area contributed by atoms with Gasteiger partial charge in [-0.3, -0.25) is 4.98 Å². The lowest BCUT2D eigenvalue weighted by Crippen LogP contribution is -2.51. The molecular weight excluding hydrogens is 246 g/mol. The normalized spacial score (nSPS) is 25.9. The number of pyridine rings is 1. The molecule has 1 aromatic heterocycles. The Kier molecular flexibility index (Phi) is 5.17. The Bertz CT molecular complexity index is 402. The van der Waals surface area contributed by atoms with E-state index in [2.05, 4.69) is 55.3 Å². The van der Waals surface area contributed by atoms with E-state index in [1.54, 1.807) is 0 Å². The van der Waals surface area contributed by atoms with Crippen LogP contribution in [0.2, 0.25) is 0 Å². The summed E-state index contributed by atoms with van der Waals surface area (Å²) in [5.74, 6) is 0.734. The second kappa shape index (κ2) is 6.68.